The van der Waals surface area contributed by atoms with E-state index in [9.17, 15) is 4.79 Å². The SMILES string of the molecule is CC1(C)CC(NC(=O)C2CC2)CC(C)(C)N1. The Morgan fingerprint density at radius 1 is 1.12 bits per heavy atom. The standard InChI is InChI=1S/C13H24N2O/c1-12(2)7-10(8-13(3,4)15-12)14-11(16)9-5-6-9/h9-10,15H,5-8H2,1-4H3,(H,14,16). The van der Waals surface area contributed by atoms with Crippen molar-refractivity contribution in [2.75, 3.05) is 0 Å². The molecule has 1 heterocycles. The molecular formula is C13H24N2O. The molecule has 1 aliphatic carbocycles. The molecule has 16 heavy (non-hydrogen) atoms. The van der Waals surface area contributed by atoms with E-state index >= 15 is 0 Å². The molecule has 2 fully saturated rings. The quantitative estimate of drug-likeness (QED) is 0.751. The minimum Gasteiger partial charge on any atom is -0.353 e. The molecule has 1 amide bonds. The number of amides is 1. The molecule has 0 aromatic rings. The Bertz CT molecular complexity index is 276. The fourth-order valence-corrected chi connectivity index (χ4v) is 3.09. The summed E-state index contributed by atoms with van der Waals surface area (Å²) in [7, 11) is 0. The van der Waals surface area contributed by atoms with Crippen LogP contribution in [0.4, 0.5) is 0 Å². The second kappa shape index (κ2) is 3.73. The van der Waals surface area contributed by atoms with E-state index in [4.69, 9.17) is 0 Å². The lowest BCUT2D eigenvalue weighted by molar-refractivity contribution is -0.123. The number of carbonyl (C=O) groups is 1. The topological polar surface area (TPSA) is 41.1 Å². The molecule has 2 aliphatic rings. The minimum absolute atomic E-state index is 0.114. The van der Waals surface area contributed by atoms with E-state index in [1.54, 1.807) is 0 Å². The van der Waals surface area contributed by atoms with Crippen molar-refractivity contribution in [1.82, 2.24) is 10.6 Å². The van der Waals surface area contributed by atoms with E-state index < -0.39 is 0 Å². The highest BCUT2D eigenvalue weighted by molar-refractivity contribution is 5.81. The summed E-state index contributed by atoms with van der Waals surface area (Å²) in [6.45, 7) is 8.85. The van der Waals surface area contributed by atoms with Gasteiger partial charge >= 0.3 is 0 Å². The fraction of sp³-hybridized carbons (Fsp3) is 0.923. The Balaban J connectivity index is 1.95. The van der Waals surface area contributed by atoms with Crippen LogP contribution in [0.1, 0.15) is 53.4 Å². The molecular weight excluding hydrogens is 200 g/mol. The van der Waals surface area contributed by atoms with Gasteiger partial charge in [0.05, 0.1) is 0 Å². The molecule has 0 radical (unpaired) electrons. The van der Waals surface area contributed by atoms with Gasteiger partial charge in [0.1, 0.15) is 0 Å². The monoisotopic (exact) mass is 224 g/mol. The van der Waals surface area contributed by atoms with E-state index in [0.29, 0.717) is 12.0 Å². The minimum atomic E-state index is 0.114. The van der Waals surface area contributed by atoms with Crippen LogP contribution < -0.4 is 10.6 Å². The van der Waals surface area contributed by atoms with Crippen molar-refractivity contribution in [3.05, 3.63) is 0 Å². The van der Waals surface area contributed by atoms with Crippen LogP contribution in [0.5, 0.6) is 0 Å². The average molecular weight is 224 g/mol. The molecule has 0 unspecified atom stereocenters. The molecule has 3 nitrogen and oxygen atoms in total. The highest BCUT2D eigenvalue weighted by Gasteiger charge is 2.39. The summed E-state index contributed by atoms with van der Waals surface area (Å²) >= 11 is 0. The lowest BCUT2D eigenvalue weighted by Gasteiger charge is -2.46. The van der Waals surface area contributed by atoms with Gasteiger partial charge in [0.2, 0.25) is 5.91 Å². The van der Waals surface area contributed by atoms with Crippen molar-refractivity contribution in [3.63, 3.8) is 0 Å². The number of hydrogen-bond acceptors (Lipinski definition) is 2. The number of carbonyl (C=O) groups excluding carboxylic acids is 1. The third-order valence-electron chi connectivity index (χ3n) is 3.48. The summed E-state index contributed by atoms with van der Waals surface area (Å²) in [6.07, 6.45) is 4.22. The molecule has 2 N–H and O–H groups in total. The van der Waals surface area contributed by atoms with Gasteiger partial charge in [-0.15, -0.1) is 0 Å². The Kier molecular flexibility index (Phi) is 2.77. The van der Waals surface area contributed by atoms with Crippen LogP contribution in [-0.4, -0.2) is 23.0 Å². The summed E-state index contributed by atoms with van der Waals surface area (Å²) < 4.78 is 0. The molecule has 1 aliphatic heterocycles. The van der Waals surface area contributed by atoms with Crippen LogP contribution in [-0.2, 0) is 4.79 Å². The van der Waals surface area contributed by atoms with Crippen molar-refractivity contribution < 1.29 is 4.79 Å². The first-order chi connectivity index (χ1) is 7.27. The maximum atomic E-state index is 11.8. The van der Waals surface area contributed by atoms with Crippen molar-refractivity contribution >= 4 is 5.91 Å². The van der Waals surface area contributed by atoms with Gasteiger partial charge in [0.15, 0.2) is 0 Å². The molecule has 0 aromatic heterocycles. The second-order valence-corrected chi connectivity index (χ2v) is 6.78. The van der Waals surface area contributed by atoms with Crippen molar-refractivity contribution in [3.8, 4) is 0 Å². The van der Waals surface area contributed by atoms with E-state index in [1.165, 1.54) is 0 Å². The van der Waals surface area contributed by atoms with Gasteiger partial charge in [-0.2, -0.15) is 0 Å². The summed E-state index contributed by atoms with van der Waals surface area (Å²) in [5, 5.41) is 6.84. The molecule has 1 saturated carbocycles. The van der Waals surface area contributed by atoms with Gasteiger partial charge in [-0.3, -0.25) is 4.79 Å². The molecule has 0 spiro atoms. The average Bonchev–Trinajstić information content (AvgIpc) is 2.77. The Morgan fingerprint density at radius 2 is 1.62 bits per heavy atom. The molecule has 1 saturated heterocycles. The zero-order valence-electron chi connectivity index (χ0n) is 10.9. The third-order valence-corrected chi connectivity index (χ3v) is 3.48. The highest BCUT2D eigenvalue weighted by Crippen LogP contribution is 2.32. The molecule has 3 heteroatoms. The van der Waals surface area contributed by atoms with Crippen LogP contribution in [0.25, 0.3) is 0 Å². The molecule has 0 atom stereocenters. The maximum Gasteiger partial charge on any atom is 0.223 e. The number of rotatable bonds is 2. The summed E-state index contributed by atoms with van der Waals surface area (Å²) in [5.74, 6) is 0.597. The zero-order chi connectivity index (χ0) is 12.0. The van der Waals surface area contributed by atoms with E-state index in [2.05, 4.69) is 38.3 Å². The van der Waals surface area contributed by atoms with Gasteiger partial charge in [-0.05, 0) is 53.4 Å². The van der Waals surface area contributed by atoms with E-state index in [-0.39, 0.29) is 17.0 Å². The van der Waals surface area contributed by atoms with Crippen molar-refractivity contribution in [1.29, 1.82) is 0 Å². The maximum absolute atomic E-state index is 11.8. The first-order valence-electron chi connectivity index (χ1n) is 6.37. The van der Waals surface area contributed by atoms with Crippen LogP contribution >= 0.6 is 0 Å². The van der Waals surface area contributed by atoms with Crippen LogP contribution in [0.15, 0.2) is 0 Å². The normalized spacial score (nSPS) is 28.8. The highest BCUT2D eigenvalue weighted by atomic mass is 16.2. The van der Waals surface area contributed by atoms with Crippen LogP contribution in [0, 0.1) is 5.92 Å². The van der Waals surface area contributed by atoms with E-state index in [1.807, 2.05) is 0 Å². The summed E-state index contributed by atoms with van der Waals surface area (Å²) in [5.41, 5.74) is 0.229. The molecule has 2 rings (SSSR count). The molecule has 92 valence electrons. The van der Waals surface area contributed by atoms with Gasteiger partial charge in [-0.25, -0.2) is 0 Å². The third kappa shape index (κ3) is 2.97. The van der Waals surface area contributed by atoms with Crippen molar-refractivity contribution in [2.24, 2.45) is 5.92 Å². The lowest BCUT2D eigenvalue weighted by atomic mass is 9.79. The van der Waals surface area contributed by atoms with Crippen LogP contribution in [0.2, 0.25) is 0 Å². The first kappa shape index (κ1) is 11.9. The Labute approximate surface area is 98.4 Å². The number of nitrogens with one attached hydrogen (secondary N) is 2. The predicted molar refractivity (Wildman–Crippen MR) is 65.2 cm³/mol. The zero-order valence-corrected chi connectivity index (χ0v) is 10.9. The van der Waals surface area contributed by atoms with Gasteiger partial charge in [-0.1, -0.05) is 0 Å². The second-order valence-electron chi connectivity index (χ2n) is 6.78. The van der Waals surface area contributed by atoms with Crippen LogP contribution in [0.3, 0.4) is 0 Å². The lowest BCUT2D eigenvalue weighted by Crippen LogP contribution is -2.62. The van der Waals surface area contributed by atoms with Gasteiger partial charge in [0, 0.05) is 23.0 Å². The summed E-state index contributed by atoms with van der Waals surface area (Å²) in [6, 6.07) is 0.333. The molecule has 0 aromatic carbocycles. The number of piperidine rings is 1. The Morgan fingerprint density at radius 3 is 2.06 bits per heavy atom. The number of hydrogen-bond donors (Lipinski definition) is 2. The van der Waals surface area contributed by atoms with Gasteiger partial charge in [0.25, 0.3) is 0 Å². The van der Waals surface area contributed by atoms with E-state index in [0.717, 1.165) is 25.7 Å². The summed E-state index contributed by atoms with van der Waals surface area (Å²) in [4.78, 5) is 11.8. The van der Waals surface area contributed by atoms with Crippen molar-refractivity contribution in [2.45, 2.75) is 70.5 Å². The Hall–Kier alpha value is -0.570. The molecule has 0 bridgehead atoms. The fourth-order valence-electron chi connectivity index (χ4n) is 3.09. The van der Waals surface area contributed by atoms with Gasteiger partial charge < -0.3 is 10.6 Å². The largest absolute Gasteiger partial charge is 0.353 e. The predicted octanol–water partition coefficient (Wildman–Crippen LogP) is 1.82. The smallest absolute Gasteiger partial charge is 0.223 e. The first-order valence-corrected chi connectivity index (χ1v) is 6.37.